The SMILES string of the molecule is CCC[C@@H]1NC(=O)[C@@H](CC(C)C)NC(=O)[C@H](CCN)NC(=O)[C@@H](NC(=O)[C@H](CCN)NC(=O)[C@@H](NC(=O)[C@H](CCN)NC(=O)CCCCC(C)C)[C@@H](C)O)CCNC(=O)[C@H]([C@@H](C)O)NC(=O)[C@H](CCN)NC(=O)[C@H](CCN)NC1=O. The van der Waals surface area contributed by atoms with Gasteiger partial charge in [-0.05, 0) is 116 Å². The first kappa shape index (κ1) is 71.9. The van der Waals surface area contributed by atoms with Crippen molar-refractivity contribution in [2.24, 2.45) is 40.5 Å². The number of aliphatic hydroxyl groups excluding tert-OH is 2. The zero-order valence-corrected chi connectivity index (χ0v) is 47.8. The van der Waals surface area contributed by atoms with E-state index in [2.05, 4.69) is 72.3 Å². The van der Waals surface area contributed by atoms with Gasteiger partial charge in [-0.2, -0.15) is 0 Å². The minimum absolute atomic E-state index is 0.0133. The Balaban J connectivity index is 3.80. The van der Waals surface area contributed by atoms with E-state index < -0.39 is 151 Å². The van der Waals surface area contributed by atoms with Gasteiger partial charge in [-0.25, -0.2) is 0 Å². The fraction of sp³-hybridized carbons (Fsp3) is 0.784. The molecule has 0 saturated carbocycles. The van der Waals surface area contributed by atoms with Crippen LogP contribution in [-0.2, 0) is 52.7 Å². The van der Waals surface area contributed by atoms with Crippen molar-refractivity contribution in [2.75, 3.05) is 39.3 Å². The highest BCUT2D eigenvalue weighted by Gasteiger charge is 2.37. The van der Waals surface area contributed by atoms with Crippen LogP contribution in [0.25, 0.3) is 0 Å². The second-order valence-corrected chi connectivity index (χ2v) is 21.0. The zero-order chi connectivity index (χ0) is 60.6. The molecule has 458 valence electrons. The number of nitrogens with one attached hydrogen (secondary N) is 11. The van der Waals surface area contributed by atoms with Crippen LogP contribution in [0.1, 0.15) is 132 Å². The summed E-state index contributed by atoms with van der Waals surface area (Å²) in [5.74, 6) is -9.34. The Morgan fingerprint density at radius 1 is 0.525 bits per heavy atom. The van der Waals surface area contributed by atoms with Crippen LogP contribution < -0.4 is 87.2 Å². The van der Waals surface area contributed by atoms with E-state index >= 15 is 0 Å². The number of nitrogens with two attached hydrogens (primary N) is 5. The number of amides is 11. The van der Waals surface area contributed by atoms with Crippen LogP contribution in [0.5, 0.6) is 0 Å². The predicted molar refractivity (Wildman–Crippen MR) is 296 cm³/mol. The summed E-state index contributed by atoms with van der Waals surface area (Å²) in [4.78, 5) is 152. The largest absolute Gasteiger partial charge is 0.391 e. The molecule has 1 heterocycles. The second kappa shape index (κ2) is 38.5. The summed E-state index contributed by atoms with van der Waals surface area (Å²) < 4.78 is 0. The molecule has 0 spiro atoms. The van der Waals surface area contributed by atoms with Crippen molar-refractivity contribution in [1.82, 2.24) is 58.5 Å². The molecule has 11 amide bonds. The van der Waals surface area contributed by atoms with Crippen molar-refractivity contribution in [2.45, 2.75) is 205 Å². The van der Waals surface area contributed by atoms with Gasteiger partial charge in [0.05, 0.1) is 12.2 Å². The number of aliphatic hydroxyl groups is 2. The molecule has 0 aromatic heterocycles. The predicted octanol–water partition coefficient (Wildman–Crippen LogP) is -6.08. The van der Waals surface area contributed by atoms with E-state index in [4.69, 9.17) is 28.7 Å². The first-order valence-corrected chi connectivity index (χ1v) is 28.0. The lowest BCUT2D eigenvalue weighted by molar-refractivity contribution is -0.137. The molecule has 29 heteroatoms. The third-order valence-electron chi connectivity index (χ3n) is 12.9. The summed E-state index contributed by atoms with van der Waals surface area (Å²) in [5, 5.41) is 49.3. The summed E-state index contributed by atoms with van der Waals surface area (Å²) >= 11 is 0. The van der Waals surface area contributed by atoms with E-state index in [1.54, 1.807) is 20.8 Å². The molecule has 1 fully saturated rings. The summed E-state index contributed by atoms with van der Waals surface area (Å²) in [6.45, 7) is 10.7. The van der Waals surface area contributed by atoms with Crippen LogP contribution >= 0.6 is 0 Å². The van der Waals surface area contributed by atoms with Crippen LogP contribution in [0.4, 0.5) is 0 Å². The average Bonchev–Trinajstić information content (AvgIpc) is 3.38. The van der Waals surface area contributed by atoms with E-state index in [1.807, 2.05) is 0 Å². The number of unbranched alkanes of at least 4 members (excludes halogenated alkanes) is 1. The van der Waals surface area contributed by atoms with Crippen molar-refractivity contribution < 1.29 is 63.0 Å². The van der Waals surface area contributed by atoms with Gasteiger partial charge in [0.1, 0.15) is 60.4 Å². The highest BCUT2D eigenvalue weighted by atomic mass is 16.3. The van der Waals surface area contributed by atoms with Crippen LogP contribution in [0.2, 0.25) is 0 Å². The Bertz CT molecular complexity index is 2010. The fourth-order valence-corrected chi connectivity index (χ4v) is 8.47. The van der Waals surface area contributed by atoms with Gasteiger partial charge in [-0.1, -0.05) is 53.9 Å². The molecule has 0 bridgehead atoms. The summed E-state index contributed by atoms with van der Waals surface area (Å²) in [6, 6.07) is -14.4. The standard InChI is InChI=1S/C51H96N16O13/c1-8-11-31-42(71)60-33(15-21-53)43(72)62-36(18-24-56)48(77)66-40(29(6)68)50(79)57-25-19-37(46(75)61-34(16-22-54)45(74)65-38(26-28(4)5)49(78)59-31)63-44(73)35(17-23-55)64-51(80)41(30(7)69)67-47(76)32(14-20-52)58-39(70)13-10-9-12-27(2)3/h27-38,40-41,68-69H,8-26,52-56H2,1-7H3,(H,57,79)(H,58,70)(H,59,78)(H,60,71)(H,61,75)(H,62,72)(H,63,73)(H,64,80)(H,65,74)(H,66,77)(H,67,76)/t29-,30-,31+,32+,33+,34+,35+,36+,37+,38-,40+,41+/m1/s1. The number of carbonyl (C=O) groups excluding carboxylic acids is 11. The molecule has 1 rings (SSSR count). The molecule has 0 aromatic carbocycles. The zero-order valence-electron chi connectivity index (χ0n) is 47.8. The van der Waals surface area contributed by atoms with Crippen molar-refractivity contribution >= 4 is 65.0 Å². The topological polar surface area (TPSA) is 491 Å². The number of hydrogen-bond acceptors (Lipinski definition) is 18. The quantitative estimate of drug-likeness (QED) is 0.0324. The molecule has 1 saturated heterocycles. The van der Waals surface area contributed by atoms with Gasteiger partial charge in [0, 0.05) is 13.0 Å². The van der Waals surface area contributed by atoms with Gasteiger partial charge in [0.25, 0.3) is 0 Å². The van der Waals surface area contributed by atoms with E-state index in [0.29, 0.717) is 18.8 Å². The molecular formula is C51H96N16O13. The van der Waals surface area contributed by atoms with Crippen molar-refractivity contribution in [3.63, 3.8) is 0 Å². The average molecular weight is 1140 g/mol. The van der Waals surface area contributed by atoms with E-state index in [9.17, 15) is 63.0 Å². The number of carbonyl (C=O) groups is 11. The van der Waals surface area contributed by atoms with Gasteiger partial charge < -0.3 is 97.4 Å². The Morgan fingerprint density at radius 3 is 1.44 bits per heavy atom. The van der Waals surface area contributed by atoms with Crippen molar-refractivity contribution in [3.05, 3.63) is 0 Å². The second-order valence-electron chi connectivity index (χ2n) is 21.0. The molecule has 23 N–H and O–H groups in total. The molecule has 0 radical (unpaired) electrons. The van der Waals surface area contributed by atoms with Gasteiger partial charge >= 0.3 is 0 Å². The Hall–Kier alpha value is -6.11. The van der Waals surface area contributed by atoms with Crippen LogP contribution in [0, 0.1) is 11.8 Å². The van der Waals surface area contributed by atoms with Gasteiger partial charge in [0.15, 0.2) is 0 Å². The molecule has 1 aliphatic rings. The minimum atomic E-state index is -1.69. The Labute approximate surface area is 469 Å². The van der Waals surface area contributed by atoms with E-state index in [-0.39, 0.29) is 90.0 Å². The summed E-state index contributed by atoms with van der Waals surface area (Å²) in [7, 11) is 0. The maximum atomic E-state index is 14.4. The normalized spacial score (nSPS) is 23.3. The van der Waals surface area contributed by atoms with Crippen molar-refractivity contribution in [1.29, 1.82) is 0 Å². The van der Waals surface area contributed by atoms with E-state index in [1.165, 1.54) is 13.8 Å². The van der Waals surface area contributed by atoms with Gasteiger partial charge in [0.2, 0.25) is 65.0 Å². The Morgan fingerprint density at radius 2 is 0.988 bits per heavy atom. The lowest BCUT2D eigenvalue weighted by Crippen LogP contribution is -2.62. The molecule has 0 aliphatic carbocycles. The fourth-order valence-electron chi connectivity index (χ4n) is 8.47. The molecule has 29 nitrogen and oxygen atoms in total. The smallest absolute Gasteiger partial charge is 0.245 e. The third kappa shape index (κ3) is 26.4. The molecular weight excluding hydrogens is 1040 g/mol. The molecule has 12 atom stereocenters. The number of rotatable bonds is 28. The lowest BCUT2D eigenvalue weighted by atomic mass is 10.0. The first-order chi connectivity index (χ1) is 37.8. The summed E-state index contributed by atoms with van der Waals surface area (Å²) in [6.07, 6.45) is -1.39. The highest BCUT2D eigenvalue weighted by Crippen LogP contribution is 2.12. The van der Waals surface area contributed by atoms with Crippen LogP contribution in [0.3, 0.4) is 0 Å². The third-order valence-corrected chi connectivity index (χ3v) is 12.9. The van der Waals surface area contributed by atoms with Crippen molar-refractivity contribution in [3.8, 4) is 0 Å². The molecule has 1 aliphatic heterocycles. The van der Waals surface area contributed by atoms with Gasteiger partial charge in [-0.15, -0.1) is 0 Å². The minimum Gasteiger partial charge on any atom is -0.391 e. The Kier molecular flexibility index (Phi) is 34.6. The highest BCUT2D eigenvalue weighted by molar-refractivity contribution is 5.99. The van der Waals surface area contributed by atoms with Crippen LogP contribution in [-0.4, -0.2) is 187 Å². The van der Waals surface area contributed by atoms with E-state index in [0.717, 1.165) is 12.8 Å². The maximum Gasteiger partial charge on any atom is 0.245 e. The van der Waals surface area contributed by atoms with Gasteiger partial charge in [-0.3, -0.25) is 52.7 Å². The number of hydrogen-bond donors (Lipinski definition) is 18. The lowest BCUT2D eigenvalue weighted by Gasteiger charge is -2.29. The summed E-state index contributed by atoms with van der Waals surface area (Å²) in [5.41, 5.74) is 29.1. The first-order valence-electron chi connectivity index (χ1n) is 28.0. The van der Waals surface area contributed by atoms with Crippen LogP contribution in [0.15, 0.2) is 0 Å². The monoisotopic (exact) mass is 1140 g/mol. The molecule has 0 aromatic rings. The molecule has 80 heavy (non-hydrogen) atoms. The maximum absolute atomic E-state index is 14.4. The molecule has 0 unspecified atom stereocenters.